The zero-order valence-electron chi connectivity index (χ0n) is 13.2. The highest BCUT2D eigenvalue weighted by Gasteiger charge is 2.12. The van der Waals surface area contributed by atoms with Crippen molar-refractivity contribution in [1.29, 1.82) is 0 Å². The van der Waals surface area contributed by atoms with Crippen LogP contribution in [0.1, 0.15) is 11.3 Å². The predicted molar refractivity (Wildman–Crippen MR) is 93.5 cm³/mol. The second-order valence-electron chi connectivity index (χ2n) is 5.33. The molecule has 0 amide bonds. The summed E-state index contributed by atoms with van der Waals surface area (Å²) in [6, 6.07) is 9.77. The van der Waals surface area contributed by atoms with Gasteiger partial charge in [-0.2, -0.15) is 5.10 Å². The zero-order valence-corrected chi connectivity index (χ0v) is 14.0. The van der Waals surface area contributed by atoms with Crippen molar-refractivity contribution in [2.24, 2.45) is 0 Å². The highest BCUT2D eigenvalue weighted by molar-refractivity contribution is 6.30. The van der Waals surface area contributed by atoms with Gasteiger partial charge in [-0.15, -0.1) is 0 Å². The van der Waals surface area contributed by atoms with Crippen LogP contribution in [0, 0.1) is 5.82 Å². The molecule has 128 valence electrons. The number of halogens is 2. The molecule has 0 fully saturated rings. The van der Waals surface area contributed by atoms with Crippen molar-refractivity contribution in [3.8, 4) is 5.75 Å². The van der Waals surface area contributed by atoms with Gasteiger partial charge in [0.1, 0.15) is 11.6 Å². The predicted octanol–water partition coefficient (Wildman–Crippen LogP) is 3.98. The maximum atomic E-state index is 14.1. The average Bonchev–Trinajstić information content (AvgIpc) is 2.92. The van der Waals surface area contributed by atoms with Crippen LogP contribution in [-0.4, -0.2) is 28.0 Å². The van der Waals surface area contributed by atoms with Crippen LogP contribution in [0.5, 0.6) is 5.75 Å². The topological polar surface area (TPSA) is 64.3 Å². The lowest BCUT2D eigenvalue weighted by Crippen LogP contribution is -2.04. The van der Waals surface area contributed by atoms with Crippen LogP contribution in [0.3, 0.4) is 0 Å². The lowest BCUT2D eigenvalue weighted by molar-refractivity contribution is -0.131. The van der Waals surface area contributed by atoms with Gasteiger partial charge in [0, 0.05) is 28.1 Å². The Hall–Kier alpha value is -2.86. The number of aliphatic carboxylic acids is 1. The molecule has 0 aliphatic rings. The monoisotopic (exact) mass is 360 g/mol. The molecule has 0 aliphatic heterocycles. The molecular weight excluding hydrogens is 347 g/mol. The standard InChI is InChI=1S/C18H14ClFN2O3/c1-25-13-4-5-14-16(6-7-18(23)24)21-22(17(14)9-13)10-11-2-3-12(19)8-15(11)20/h2-9H,10H2,1H3,(H,23,24). The number of hydrogen-bond donors (Lipinski definition) is 1. The van der Waals surface area contributed by atoms with E-state index < -0.39 is 11.8 Å². The van der Waals surface area contributed by atoms with E-state index in [0.717, 1.165) is 11.5 Å². The SMILES string of the molecule is COc1ccc2c(C=CC(=O)O)nn(Cc3ccc(Cl)cc3F)c2c1. The first kappa shape index (κ1) is 17.0. The lowest BCUT2D eigenvalue weighted by Gasteiger charge is -2.06. The molecule has 0 bridgehead atoms. The quantitative estimate of drug-likeness (QED) is 0.699. The van der Waals surface area contributed by atoms with Crippen LogP contribution in [0.15, 0.2) is 42.5 Å². The van der Waals surface area contributed by atoms with Gasteiger partial charge < -0.3 is 9.84 Å². The molecule has 0 aliphatic carbocycles. The molecule has 5 nitrogen and oxygen atoms in total. The summed E-state index contributed by atoms with van der Waals surface area (Å²) in [7, 11) is 1.55. The van der Waals surface area contributed by atoms with Crippen LogP contribution in [0.25, 0.3) is 17.0 Å². The van der Waals surface area contributed by atoms with E-state index in [1.165, 1.54) is 12.1 Å². The first-order chi connectivity index (χ1) is 12.0. The minimum atomic E-state index is -1.07. The van der Waals surface area contributed by atoms with Gasteiger partial charge in [0.05, 0.1) is 24.9 Å². The maximum absolute atomic E-state index is 14.1. The highest BCUT2D eigenvalue weighted by atomic mass is 35.5. The van der Waals surface area contributed by atoms with Crippen molar-refractivity contribution in [3.63, 3.8) is 0 Å². The van der Waals surface area contributed by atoms with Crippen molar-refractivity contribution in [2.45, 2.75) is 6.54 Å². The summed E-state index contributed by atoms with van der Waals surface area (Å²) in [5, 5.41) is 14.3. The van der Waals surface area contributed by atoms with Crippen molar-refractivity contribution in [3.05, 3.63) is 64.6 Å². The third-order valence-electron chi connectivity index (χ3n) is 3.71. The summed E-state index contributed by atoms with van der Waals surface area (Å²) >= 11 is 5.79. The van der Waals surface area contributed by atoms with E-state index in [2.05, 4.69) is 5.10 Å². The molecule has 0 atom stereocenters. The summed E-state index contributed by atoms with van der Waals surface area (Å²) in [6.45, 7) is 0.174. The number of carbonyl (C=O) groups is 1. The fourth-order valence-corrected chi connectivity index (χ4v) is 2.67. The Morgan fingerprint density at radius 2 is 2.16 bits per heavy atom. The van der Waals surface area contributed by atoms with Gasteiger partial charge in [-0.25, -0.2) is 9.18 Å². The summed E-state index contributed by atoms with van der Waals surface area (Å²) in [5.74, 6) is -0.874. The van der Waals surface area contributed by atoms with Gasteiger partial charge in [-0.1, -0.05) is 17.7 Å². The van der Waals surface area contributed by atoms with E-state index in [0.29, 0.717) is 27.5 Å². The van der Waals surface area contributed by atoms with E-state index in [4.69, 9.17) is 21.4 Å². The number of aromatic nitrogens is 2. The highest BCUT2D eigenvalue weighted by Crippen LogP contribution is 2.26. The maximum Gasteiger partial charge on any atom is 0.328 e. The number of rotatable bonds is 5. The molecule has 25 heavy (non-hydrogen) atoms. The van der Waals surface area contributed by atoms with Gasteiger partial charge in [-0.3, -0.25) is 4.68 Å². The van der Waals surface area contributed by atoms with Crippen LogP contribution < -0.4 is 4.74 Å². The molecule has 2 aromatic carbocycles. The molecule has 3 aromatic rings. The number of carboxylic acids is 1. The summed E-state index contributed by atoms with van der Waals surface area (Å²) < 4.78 is 20.9. The summed E-state index contributed by atoms with van der Waals surface area (Å²) in [5.41, 5.74) is 1.61. The molecule has 0 saturated carbocycles. The normalized spacial score (nSPS) is 11.3. The molecule has 1 aromatic heterocycles. The minimum Gasteiger partial charge on any atom is -0.497 e. The number of ether oxygens (including phenoxy) is 1. The van der Waals surface area contributed by atoms with E-state index in [1.807, 2.05) is 0 Å². The minimum absolute atomic E-state index is 0.174. The lowest BCUT2D eigenvalue weighted by atomic mass is 10.2. The van der Waals surface area contributed by atoms with Crippen molar-refractivity contribution in [1.82, 2.24) is 9.78 Å². The second kappa shape index (κ2) is 6.94. The average molecular weight is 361 g/mol. The Labute approximate surface area is 147 Å². The number of hydrogen-bond acceptors (Lipinski definition) is 3. The first-order valence-electron chi connectivity index (χ1n) is 7.37. The number of methoxy groups -OCH3 is 1. The third kappa shape index (κ3) is 3.64. The fraction of sp³-hybridized carbons (Fsp3) is 0.111. The Kier molecular flexibility index (Phi) is 4.72. The van der Waals surface area contributed by atoms with E-state index in [1.54, 1.807) is 42.1 Å². The molecule has 0 saturated heterocycles. The van der Waals surface area contributed by atoms with Crippen LogP contribution in [0.4, 0.5) is 4.39 Å². The van der Waals surface area contributed by atoms with Crippen molar-refractivity contribution >= 4 is 34.5 Å². The van der Waals surface area contributed by atoms with Gasteiger partial charge in [0.15, 0.2) is 0 Å². The van der Waals surface area contributed by atoms with E-state index in [-0.39, 0.29) is 6.54 Å². The number of carboxylic acid groups (broad SMARTS) is 1. The number of benzene rings is 2. The van der Waals surface area contributed by atoms with E-state index in [9.17, 15) is 9.18 Å². The molecule has 1 heterocycles. The van der Waals surface area contributed by atoms with Gasteiger partial charge in [0.2, 0.25) is 0 Å². The Morgan fingerprint density at radius 1 is 1.36 bits per heavy atom. The summed E-state index contributed by atoms with van der Waals surface area (Å²) in [6.07, 6.45) is 2.42. The number of fused-ring (bicyclic) bond motifs is 1. The smallest absolute Gasteiger partial charge is 0.328 e. The van der Waals surface area contributed by atoms with Crippen LogP contribution in [-0.2, 0) is 11.3 Å². The number of nitrogens with zero attached hydrogens (tertiary/aromatic N) is 2. The Bertz CT molecular complexity index is 982. The summed E-state index contributed by atoms with van der Waals surface area (Å²) in [4.78, 5) is 10.8. The van der Waals surface area contributed by atoms with Crippen LogP contribution >= 0.6 is 11.6 Å². The molecule has 0 spiro atoms. The van der Waals surface area contributed by atoms with Gasteiger partial charge in [-0.05, 0) is 30.3 Å². The fourth-order valence-electron chi connectivity index (χ4n) is 2.51. The molecule has 7 heteroatoms. The molecule has 3 rings (SSSR count). The van der Waals surface area contributed by atoms with Crippen molar-refractivity contribution in [2.75, 3.05) is 7.11 Å². The Morgan fingerprint density at radius 3 is 2.84 bits per heavy atom. The second-order valence-corrected chi connectivity index (χ2v) is 5.77. The largest absolute Gasteiger partial charge is 0.497 e. The van der Waals surface area contributed by atoms with Gasteiger partial charge >= 0.3 is 5.97 Å². The Balaban J connectivity index is 2.10. The van der Waals surface area contributed by atoms with E-state index >= 15 is 0 Å². The molecular formula is C18H14ClFN2O3. The van der Waals surface area contributed by atoms with Crippen molar-refractivity contribution < 1.29 is 19.0 Å². The molecule has 0 unspecified atom stereocenters. The van der Waals surface area contributed by atoms with Crippen LogP contribution in [0.2, 0.25) is 5.02 Å². The third-order valence-corrected chi connectivity index (χ3v) is 3.94. The molecule has 0 radical (unpaired) electrons. The first-order valence-corrected chi connectivity index (χ1v) is 7.75. The zero-order chi connectivity index (χ0) is 18.0. The van der Waals surface area contributed by atoms with Gasteiger partial charge in [0.25, 0.3) is 0 Å². The molecule has 1 N–H and O–H groups in total.